The van der Waals surface area contributed by atoms with Crippen molar-refractivity contribution in [2.24, 2.45) is 5.92 Å². The van der Waals surface area contributed by atoms with Gasteiger partial charge in [0, 0.05) is 16.0 Å². The lowest BCUT2D eigenvalue weighted by Gasteiger charge is -2.14. The van der Waals surface area contributed by atoms with Crippen molar-refractivity contribution in [2.75, 3.05) is 6.61 Å². The quantitative estimate of drug-likeness (QED) is 0.862. The summed E-state index contributed by atoms with van der Waals surface area (Å²) in [6, 6.07) is 8.23. The van der Waals surface area contributed by atoms with Gasteiger partial charge >= 0.3 is 0 Å². The van der Waals surface area contributed by atoms with E-state index in [1.165, 1.54) is 10.4 Å². The first-order chi connectivity index (χ1) is 9.20. The van der Waals surface area contributed by atoms with E-state index < -0.39 is 0 Å². The average Bonchev–Trinajstić information content (AvgIpc) is 2.82. The second kappa shape index (κ2) is 7.17. The van der Waals surface area contributed by atoms with E-state index in [1.807, 2.05) is 24.6 Å². The molecule has 102 valence electrons. The lowest BCUT2D eigenvalue weighted by Crippen LogP contribution is -2.11. The van der Waals surface area contributed by atoms with Gasteiger partial charge in [-0.1, -0.05) is 34.1 Å². The Morgan fingerprint density at radius 1 is 1.37 bits per heavy atom. The van der Waals surface area contributed by atoms with Crippen LogP contribution in [0.1, 0.15) is 22.6 Å². The smallest absolute Gasteiger partial charge is 0.0797 e. The van der Waals surface area contributed by atoms with Gasteiger partial charge in [-0.15, -0.1) is 11.3 Å². The third kappa shape index (κ3) is 4.13. The van der Waals surface area contributed by atoms with Crippen molar-refractivity contribution < 1.29 is 5.11 Å². The fourth-order valence-corrected chi connectivity index (χ4v) is 3.38. The first-order valence-corrected chi connectivity index (χ1v) is 8.11. The number of thiazole rings is 1. The van der Waals surface area contributed by atoms with Gasteiger partial charge in [0.15, 0.2) is 0 Å². The van der Waals surface area contributed by atoms with Crippen LogP contribution >= 0.6 is 27.3 Å². The number of benzene rings is 1. The highest BCUT2D eigenvalue weighted by Crippen LogP contribution is 2.23. The van der Waals surface area contributed by atoms with Crippen LogP contribution in [0.15, 0.2) is 34.2 Å². The fraction of sp³-hybridized carbons (Fsp3) is 0.400. The van der Waals surface area contributed by atoms with Crippen LogP contribution in [-0.2, 0) is 12.8 Å². The number of aliphatic hydroxyl groups excluding tert-OH is 1. The van der Waals surface area contributed by atoms with Crippen molar-refractivity contribution >= 4 is 27.3 Å². The molecule has 19 heavy (non-hydrogen) atoms. The van der Waals surface area contributed by atoms with Crippen molar-refractivity contribution in [3.8, 4) is 0 Å². The molecule has 0 aliphatic carbocycles. The Bertz CT molecular complexity index is 526. The van der Waals surface area contributed by atoms with E-state index in [1.54, 1.807) is 11.3 Å². The summed E-state index contributed by atoms with van der Waals surface area (Å²) >= 11 is 5.28. The molecule has 1 N–H and O–H groups in total. The predicted molar refractivity (Wildman–Crippen MR) is 83.6 cm³/mol. The van der Waals surface area contributed by atoms with Gasteiger partial charge in [0.2, 0.25) is 0 Å². The lowest BCUT2D eigenvalue weighted by atomic mass is 9.95. The molecule has 1 atom stereocenters. The zero-order valence-corrected chi connectivity index (χ0v) is 13.4. The molecule has 0 radical (unpaired) electrons. The monoisotopic (exact) mass is 339 g/mol. The van der Waals surface area contributed by atoms with Crippen molar-refractivity contribution in [3.63, 3.8) is 0 Å². The molecule has 0 saturated carbocycles. The van der Waals surface area contributed by atoms with E-state index in [9.17, 15) is 5.11 Å². The van der Waals surface area contributed by atoms with Crippen LogP contribution in [0.3, 0.4) is 0 Å². The van der Waals surface area contributed by atoms with Crippen molar-refractivity contribution in [1.82, 2.24) is 4.98 Å². The maximum absolute atomic E-state index is 9.55. The molecule has 2 rings (SSSR count). The Morgan fingerprint density at radius 2 is 2.16 bits per heavy atom. The normalized spacial score (nSPS) is 12.6. The van der Waals surface area contributed by atoms with Crippen LogP contribution in [0.2, 0.25) is 0 Å². The number of aromatic nitrogens is 1. The van der Waals surface area contributed by atoms with Gasteiger partial charge in [0.25, 0.3) is 0 Å². The molecule has 1 aromatic carbocycles. The van der Waals surface area contributed by atoms with Gasteiger partial charge in [0.05, 0.1) is 11.2 Å². The summed E-state index contributed by atoms with van der Waals surface area (Å²) in [6.45, 7) is 2.28. The highest BCUT2D eigenvalue weighted by atomic mass is 79.9. The molecule has 0 aliphatic heterocycles. The first-order valence-electron chi connectivity index (χ1n) is 6.44. The first kappa shape index (κ1) is 14.7. The highest BCUT2D eigenvalue weighted by molar-refractivity contribution is 9.10. The van der Waals surface area contributed by atoms with Gasteiger partial charge in [-0.05, 0) is 43.7 Å². The summed E-state index contributed by atoms with van der Waals surface area (Å²) in [7, 11) is 0. The zero-order valence-electron chi connectivity index (χ0n) is 11.0. The van der Waals surface area contributed by atoms with Gasteiger partial charge in [0.1, 0.15) is 0 Å². The molecule has 0 amide bonds. The molecule has 4 heteroatoms. The number of hydrogen-bond donors (Lipinski definition) is 1. The SMILES string of the molecule is Cc1ncsc1CCC(CO)Cc1ccccc1Br. The average molecular weight is 340 g/mol. The molecule has 1 heterocycles. The van der Waals surface area contributed by atoms with Crippen molar-refractivity contribution in [1.29, 1.82) is 0 Å². The van der Waals surface area contributed by atoms with Gasteiger partial charge in [-0.2, -0.15) is 0 Å². The molecule has 2 nitrogen and oxygen atoms in total. The van der Waals surface area contributed by atoms with E-state index in [4.69, 9.17) is 0 Å². The van der Waals surface area contributed by atoms with Crippen LogP contribution in [-0.4, -0.2) is 16.7 Å². The summed E-state index contributed by atoms with van der Waals surface area (Å²) in [4.78, 5) is 5.61. The minimum Gasteiger partial charge on any atom is -0.396 e. The van der Waals surface area contributed by atoms with Gasteiger partial charge in [-0.3, -0.25) is 0 Å². The maximum atomic E-state index is 9.55. The van der Waals surface area contributed by atoms with Crippen LogP contribution < -0.4 is 0 Å². The largest absolute Gasteiger partial charge is 0.396 e. The molecule has 0 bridgehead atoms. The summed E-state index contributed by atoms with van der Waals surface area (Å²) < 4.78 is 1.13. The summed E-state index contributed by atoms with van der Waals surface area (Å²) in [6.07, 6.45) is 2.92. The van der Waals surface area contributed by atoms with Gasteiger partial charge in [-0.25, -0.2) is 4.98 Å². The Hall–Kier alpha value is -0.710. The molecule has 0 saturated heterocycles. The molecule has 2 aromatic rings. The van der Waals surface area contributed by atoms with E-state index >= 15 is 0 Å². The minimum atomic E-state index is 0.235. The molecule has 0 aliphatic rings. The standard InChI is InChI=1S/C15H18BrNOS/c1-11-15(19-10-17-11)7-6-12(9-18)8-13-4-2-3-5-14(13)16/h2-5,10,12,18H,6-9H2,1H3. The van der Waals surface area contributed by atoms with E-state index in [0.29, 0.717) is 5.92 Å². The number of nitrogens with zero attached hydrogens (tertiary/aromatic N) is 1. The predicted octanol–water partition coefficient (Wildman–Crippen LogP) is 4.00. The van der Waals surface area contributed by atoms with Gasteiger partial charge < -0.3 is 5.11 Å². The minimum absolute atomic E-state index is 0.235. The molecular formula is C15H18BrNOS. The molecule has 1 aromatic heterocycles. The molecular weight excluding hydrogens is 322 g/mol. The third-order valence-electron chi connectivity index (χ3n) is 3.35. The number of rotatable bonds is 6. The lowest BCUT2D eigenvalue weighted by molar-refractivity contribution is 0.218. The summed E-state index contributed by atoms with van der Waals surface area (Å²) in [5.41, 5.74) is 4.29. The summed E-state index contributed by atoms with van der Waals surface area (Å²) in [5, 5.41) is 9.55. The Balaban J connectivity index is 1.94. The van der Waals surface area contributed by atoms with E-state index in [0.717, 1.165) is 29.4 Å². The topological polar surface area (TPSA) is 33.1 Å². The number of halogens is 1. The van der Waals surface area contributed by atoms with Crippen LogP contribution in [0.4, 0.5) is 0 Å². The Labute approximate surface area is 126 Å². The van der Waals surface area contributed by atoms with E-state index in [-0.39, 0.29) is 6.61 Å². The number of aryl methyl sites for hydroxylation is 2. The third-order valence-corrected chi connectivity index (χ3v) is 5.12. The maximum Gasteiger partial charge on any atom is 0.0797 e. The van der Waals surface area contributed by atoms with Crippen molar-refractivity contribution in [2.45, 2.75) is 26.2 Å². The second-order valence-corrected chi connectivity index (χ2v) is 6.54. The number of hydrogen-bond acceptors (Lipinski definition) is 3. The Morgan fingerprint density at radius 3 is 2.79 bits per heavy atom. The van der Waals surface area contributed by atoms with Crippen molar-refractivity contribution in [3.05, 3.63) is 50.4 Å². The van der Waals surface area contributed by atoms with Crippen LogP contribution in [0.25, 0.3) is 0 Å². The van der Waals surface area contributed by atoms with Crippen LogP contribution in [0.5, 0.6) is 0 Å². The Kier molecular flexibility index (Phi) is 5.55. The van der Waals surface area contributed by atoms with Crippen LogP contribution in [0, 0.1) is 12.8 Å². The fourth-order valence-electron chi connectivity index (χ4n) is 2.13. The number of aliphatic hydroxyl groups is 1. The molecule has 1 unspecified atom stereocenters. The molecule has 0 spiro atoms. The molecule has 0 fully saturated rings. The summed E-state index contributed by atoms with van der Waals surface area (Å²) in [5.74, 6) is 0.306. The highest BCUT2D eigenvalue weighted by Gasteiger charge is 2.12. The van der Waals surface area contributed by atoms with E-state index in [2.05, 4.69) is 33.0 Å². The second-order valence-electron chi connectivity index (χ2n) is 4.74. The zero-order chi connectivity index (χ0) is 13.7.